The zero-order valence-corrected chi connectivity index (χ0v) is 15.0. The Kier molecular flexibility index (Phi) is 6.24. The maximum Gasteiger partial charge on any atom is 0.351 e. The van der Waals surface area contributed by atoms with Crippen LogP contribution in [0.4, 0.5) is 4.79 Å². The lowest BCUT2D eigenvalue weighted by Gasteiger charge is -2.13. The lowest BCUT2D eigenvalue weighted by Crippen LogP contribution is -2.44. The molecule has 0 aliphatic rings. The Hall–Kier alpha value is -2.74. The van der Waals surface area contributed by atoms with Crippen molar-refractivity contribution in [1.29, 1.82) is 0 Å². The van der Waals surface area contributed by atoms with Crippen molar-refractivity contribution in [3.05, 3.63) is 51.5 Å². The molecule has 0 radical (unpaired) electrons. The van der Waals surface area contributed by atoms with Crippen LogP contribution in [0.3, 0.4) is 0 Å². The van der Waals surface area contributed by atoms with E-state index in [-0.39, 0.29) is 6.54 Å². The Morgan fingerprint density at radius 3 is 2.48 bits per heavy atom. The fourth-order valence-electron chi connectivity index (χ4n) is 2.02. The number of amides is 3. The van der Waals surface area contributed by atoms with Crippen molar-refractivity contribution in [2.45, 2.75) is 33.4 Å². The van der Waals surface area contributed by atoms with E-state index in [1.54, 1.807) is 13.8 Å². The number of carbonyl (C=O) groups is 3. The molecule has 1 aromatic carbocycles. The summed E-state index contributed by atoms with van der Waals surface area (Å²) in [6.45, 7) is 5.16. The predicted molar refractivity (Wildman–Crippen MR) is 93.3 cm³/mol. The minimum atomic E-state index is -1.10. The molecule has 1 atom stereocenters. The van der Waals surface area contributed by atoms with E-state index < -0.39 is 24.0 Å². The standard InChI is InChI=1S/C17H19N3O4S/c1-10-14(25-12(3)19-10)16(22)24-11(2)15(21)20-17(23)18-9-13-7-5-4-6-8-13/h4-8,11H,9H2,1-3H3,(H2,18,20,21,23). The molecule has 3 amide bonds. The lowest BCUT2D eigenvalue weighted by molar-refractivity contribution is -0.127. The number of nitrogens with one attached hydrogen (secondary N) is 2. The molecular weight excluding hydrogens is 342 g/mol. The number of aromatic nitrogens is 1. The summed E-state index contributed by atoms with van der Waals surface area (Å²) in [5.41, 5.74) is 1.46. The summed E-state index contributed by atoms with van der Waals surface area (Å²) in [4.78, 5) is 40.3. The number of rotatable bonds is 5. The van der Waals surface area contributed by atoms with Gasteiger partial charge in [0.15, 0.2) is 6.10 Å². The molecular formula is C17H19N3O4S. The molecule has 25 heavy (non-hydrogen) atoms. The van der Waals surface area contributed by atoms with Crippen molar-refractivity contribution in [3.63, 3.8) is 0 Å². The quantitative estimate of drug-likeness (QED) is 0.797. The number of benzene rings is 1. The summed E-state index contributed by atoms with van der Waals surface area (Å²) in [6.07, 6.45) is -1.10. The SMILES string of the molecule is Cc1nc(C)c(C(=O)OC(C)C(=O)NC(=O)NCc2ccccc2)s1. The molecule has 0 aliphatic carbocycles. The second-order valence-electron chi connectivity index (χ2n) is 5.35. The van der Waals surface area contributed by atoms with Crippen LogP contribution < -0.4 is 10.6 Å². The molecule has 132 valence electrons. The van der Waals surface area contributed by atoms with Crippen LogP contribution in [0.2, 0.25) is 0 Å². The van der Waals surface area contributed by atoms with Crippen molar-refractivity contribution in [3.8, 4) is 0 Å². The number of thiazole rings is 1. The number of carbonyl (C=O) groups excluding carboxylic acids is 3. The third-order valence-electron chi connectivity index (χ3n) is 3.27. The zero-order chi connectivity index (χ0) is 18.4. The maximum atomic E-state index is 12.1. The molecule has 2 rings (SSSR count). The molecule has 0 saturated carbocycles. The van der Waals surface area contributed by atoms with Gasteiger partial charge in [0.2, 0.25) is 0 Å². The van der Waals surface area contributed by atoms with Crippen LogP contribution in [0.1, 0.15) is 32.9 Å². The van der Waals surface area contributed by atoms with Crippen molar-refractivity contribution in [2.24, 2.45) is 0 Å². The lowest BCUT2D eigenvalue weighted by atomic mass is 10.2. The minimum absolute atomic E-state index is 0.285. The molecule has 0 fully saturated rings. The fourth-order valence-corrected chi connectivity index (χ4v) is 2.83. The van der Waals surface area contributed by atoms with Gasteiger partial charge in [-0.1, -0.05) is 30.3 Å². The van der Waals surface area contributed by atoms with E-state index in [0.717, 1.165) is 10.6 Å². The number of imide groups is 1. The highest BCUT2D eigenvalue weighted by atomic mass is 32.1. The van der Waals surface area contributed by atoms with Crippen molar-refractivity contribution in [1.82, 2.24) is 15.6 Å². The van der Waals surface area contributed by atoms with Crippen LogP contribution in [-0.2, 0) is 16.1 Å². The largest absolute Gasteiger partial charge is 0.448 e. The molecule has 0 bridgehead atoms. The molecule has 2 N–H and O–H groups in total. The third-order valence-corrected chi connectivity index (χ3v) is 4.33. The van der Waals surface area contributed by atoms with Gasteiger partial charge in [-0.15, -0.1) is 11.3 Å². The van der Waals surface area contributed by atoms with Gasteiger partial charge in [-0.2, -0.15) is 0 Å². The summed E-state index contributed by atoms with van der Waals surface area (Å²) in [6, 6.07) is 8.63. The Bertz CT molecular complexity index is 773. The molecule has 0 spiro atoms. The van der Waals surface area contributed by atoms with Crippen molar-refractivity contribution < 1.29 is 19.1 Å². The van der Waals surface area contributed by atoms with Crippen molar-refractivity contribution >= 4 is 29.2 Å². The molecule has 0 saturated heterocycles. The minimum Gasteiger partial charge on any atom is -0.448 e. The zero-order valence-electron chi connectivity index (χ0n) is 14.2. The summed E-state index contributed by atoms with van der Waals surface area (Å²) < 4.78 is 5.10. The van der Waals surface area contributed by atoms with E-state index in [2.05, 4.69) is 15.6 Å². The number of esters is 1. The van der Waals surface area contributed by atoms with Gasteiger partial charge < -0.3 is 10.1 Å². The van der Waals surface area contributed by atoms with Gasteiger partial charge >= 0.3 is 12.0 Å². The van der Waals surface area contributed by atoms with Gasteiger partial charge in [0.05, 0.1) is 10.7 Å². The van der Waals surface area contributed by atoms with Gasteiger partial charge in [-0.3, -0.25) is 10.1 Å². The Labute approximate surface area is 149 Å². The number of urea groups is 1. The number of aryl methyl sites for hydroxylation is 2. The van der Waals surface area contributed by atoms with Crippen LogP contribution in [0, 0.1) is 13.8 Å². The molecule has 8 heteroatoms. The third kappa shape index (κ3) is 5.39. The van der Waals surface area contributed by atoms with Crippen LogP contribution in [0.5, 0.6) is 0 Å². The summed E-state index contributed by atoms with van der Waals surface area (Å²) in [5.74, 6) is -1.33. The predicted octanol–water partition coefficient (Wildman–Crippen LogP) is 2.33. The molecule has 2 aromatic rings. The van der Waals surface area contributed by atoms with Crippen LogP contribution in [-0.4, -0.2) is 29.0 Å². The van der Waals surface area contributed by atoms with E-state index in [0.29, 0.717) is 10.6 Å². The van der Waals surface area contributed by atoms with Gasteiger partial charge in [0.1, 0.15) is 4.88 Å². The summed E-state index contributed by atoms with van der Waals surface area (Å²) >= 11 is 1.20. The number of nitrogens with zero attached hydrogens (tertiary/aromatic N) is 1. The van der Waals surface area contributed by atoms with Crippen molar-refractivity contribution in [2.75, 3.05) is 0 Å². The second-order valence-corrected chi connectivity index (χ2v) is 6.56. The highest BCUT2D eigenvalue weighted by molar-refractivity contribution is 7.13. The summed E-state index contributed by atoms with van der Waals surface area (Å²) in [7, 11) is 0. The first kappa shape index (κ1) is 18.6. The highest BCUT2D eigenvalue weighted by Crippen LogP contribution is 2.18. The topological polar surface area (TPSA) is 97.4 Å². The van der Waals surface area contributed by atoms with Gasteiger partial charge in [0, 0.05) is 6.54 Å². The average Bonchev–Trinajstić information content (AvgIpc) is 2.92. The van der Waals surface area contributed by atoms with Gasteiger partial charge in [-0.25, -0.2) is 14.6 Å². The van der Waals surface area contributed by atoms with E-state index in [1.165, 1.54) is 18.3 Å². The molecule has 1 unspecified atom stereocenters. The normalized spacial score (nSPS) is 11.5. The van der Waals surface area contributed by atoms with E-state index >= 15 is 0 Å². The van der Waals surface area contributed by atoms with Crippen LogP contribution >= 0.6 is 11.3 Å². The van der Waals surface area contributed by atoms with Crippen LogP contribution in [0.15, 0.2) is 30.3 Å². The van der Waals surface area contributed by atoms with E-state index in [1.807, 2.05) is 30.3 Å². The smallest absolute Gasteiger partial charge is 0.351 e. The molecule has 7 nitrogen and oxygen atoms in total. The first-order valence-corrected chi connectivity index (χ1v) is 8.46. The Balaban J connectivity index is 1.82. The molecule has 1 heterocycles. The second kappa shape index (κ2) is 8.39. The van der Waals surface area contributed by atoms with E-state index in [9.17, 15) is 14.4 Å². The highest BCUT2D eigenvalue weighted by Gasteiger charge is 2.23. The number of ether oxygens (including phenoxy) is 1. The number of hydrogen-bond donors (Lipinski definition) is 2. The molecule has 1 aromatic heterocycles. The summed E-state index contributed by atoms with van der Waals surface area (Å²) in [5, 5.41) is 5.45. The maximum absolute atomic E-state index is 12.1. The molecule has 0 aliphatic heterocycles. The first-order valence-electron chi connectivity index (χ1n) is 7.64. The Morgan fingerprint density at radius 2 is 1.88 bits per heavy atom. The van der Waals surface area contributed by atoms with Gasteiger partial charge in [-0.05, 0) is 26.3 Å². The monoisotopic (exact) mass is 361 g/mol. The Morgan fingerprint density at radius 1 is 1.20 bits per heavy atom. The fraction of sp³-hybridized carbons (Fsp3) is 0.294. The van der Waals surface area contributed by atoms with E-state index in [4.69, 9.17) is 4.74 Å². The van der Waals surface area contributed by atoms with Gasteiger partial charge in [0.25, 0.3) is 5.91 Å². The average molecular weight is 361 g/mol. The van der Waals surface area contributed by atoms with Crippen LogP contribution in [0.25, 0.3) is 0 Å². The first-order chi connectivity index (χ1) is 11.9. The number of hydrogen-bond acceptors (Lipinski definition) is 6.